The lowest BCUT2D eigenvalue weighted by Crippen LogP contribution is -2.30. The van der Waals surface area contributed by atoms with Crippen LogP contribution < -0.4 is 5.32 Å². The van der Waals surface area contributed by atoms with E-state index in [0.29, 0.717) is 6.10 Å². The first-order valence-electron chi connectivity index (χ1n) is 7.67. The first-order chi connectivity index (χ1) is 9.29. The van der Waals surface area contributed by atoms with Crippen LogP contribution in [0.1, 0.15) is 48.8 Å². The van der Waals surface area contributed by atoms with E-state index in [0.717, 1.165) is 25.6 Å². The molecule has 19 heavy (non-hydrogen) atoms. The second kappa shape index (κ2) is 8.03. The Morgan fingerprint density at radius 2 is 2.16 bits per heavy atom. The summed E-state index contributed by atoms with van der Waals surface area (Å²) in [5.74, 6) is 0.800. The molecule has 0 aliphatic heterocycles. The molecule has 0 spiro atoms. The normalized spacial score (nSPS) is 23.7. The van der Waals surface area contributed by atoms with Gasteiger partial charge in [-0.2, -0.15) is 0 Å². The summed E-state index contributed by atoms with van der Waals surface area (Å²) >= 11 is 1.87. The van der Waals surface area contributed by atoms with Crippen molar-refractivity contribution in [3.63, 3.8) is 0 Å². The molecule has 3 heteroatoms. The van der Waals surface area contributed by atoms with Crippen molar-refractivity contribution in [2.24, 2.45) is 5.92 Å². The van der Waals surface area contributed by atoms with Crippen LogP contribution in [-0.4, -0.2) is 19.3 Å². The smallest absolute Gasteiger partial charge is 0.0603 e. The Morgan fingerprint density at radius 3 is 2.89 bits per heavy atom. The molecule has 2 atom stereocenters. The first-order valence-corrected chi connectivity index (χ1v) is 8.49. The molecule has 1 N–H and O–H groups in total. The molecule has 1 aromatic rings. The van der Waals surface area contributed by atoms with Gasteiger partial charge in [0.15, 0.2) is 0 Å². The highest BCUT2D eigenvalue weighted by Gasteiger charge is 2.23. The summed E-state index contributed by atoms with van der Waals surface area (Å²) in [4.78, 5) is 2.81. The maximum Gasteiger partial charge on any atom is 0.0603 e. The quantitative estimate of drug-likeness (QED) is 0.759. The van der Waals surface area contributed by atoms with Crippen LogP contribution in [0.4, 0.5) is 0 Å². The average Bonchev–Trinajstić information content (AvgIpc) is 2.84. The maximum atomic E-state index is 6.07. The fourth-order valence-electron chi connectivity index (χ4n) is 2.93. The highest BCUT2D eigenvalue weighted by atomic mass is 32.1. The predicted molar refractivity (Wildman–Crippen MR) is 82.8 cm³/mol. The lowest BCUT2D eigenvalue weighted by molar-refractivity contribution is -0.0103. The van der Waals surface area contributed by atoms with E-state index in [2.05, 4.69) is 31.3 Å². The van der Waals surface area contributed by atoms with Gasteiger partial charge < -0.3 is 10.1 Å². The molecule has 1 saturated carbocycles. The zero-order valence-electron chi connectivity index (χ0n) is 12.3. The third-order valence-electron chi connectivity index (χ3n) is 4.07. The van der Waals surface area contributed by atoms with Crippen LogP contribution in [0.2, 0.25) is 0 Å². The van der Waals surface area contributed by atoms with Crippen molar-refractivity contribution in [3.8, 4) is 0 Å². The Labute approximate surface area is 121 Å². The van der Waals surface area contributed by atoms with E-state index in [-0.39, 0.29) is 0 Å². The molecule has 2 nitrogen and oxygen atoms in total. The van der Waals surface area contributed by atoms with Crippen LogP contribution in [-0.2, 0) is 11.3 Å². The Bertz CT molecular complexity index is 363. The number of nitrogens with one attached hydrogen (secondary N) is 1. The van der Waals surface area contributed by atoms with Crippen LogP contribution in [0.25, 0.3) is 0 Å². The van der Waals surface area contributed by atoms with Crippen LogP contribution in [0.3, 0.4) is 0 Å². The second-order valence-electron chi connectivity index (χ2n) is 5.55. The van der Waals surface area contributed by atoms with E-state index in [1.165, 1.54) is 41.9 Å². The molecule has 1 aliphatic carbocycles. The number of hydrogen-bond acceptors (Lipinski definition) is 3. The van der Waals surface area contributed by atoms with Crippen LogP contribution in [0.15, 0.2) is 12.1 Å². The molecular formula is C16H27NOS. The van der Waals surface area contributed by atoms with Gasteiger partial charge in [0, 0.05) is 22.8 Å². The lowest BCUT2D eigenvalue weighted by atomic mass is 9.85. The number of aryl methyl sites for hydroxylation is 1. The molecule has 0 saturated heterocycles. The zero-order chi connectivity index (χ0) is 13.5. The van der Waals surface area contributed by atoms with Crippen molar-refractivity contribution >= 4 is 11.3 Å². The minimum absolute atomic E-state index is 0.518. The van der Waals surface area contributed by atoms with E-state index in [4.69, 9.17) is 4.74 Å². The molecule has 1 aromatic heterocycles. The summed E-state index contributed by atoms with van der Waals surface area (Å²) in [5.41, 5.74) is 0. The summed E-state index contributed by atoms with van der Waals surface area (Å²) in [6, 6.07) is 4.40. The van der Waals surface area contributed by atoms with Crippen molar-refractivity contribution < 1.29 is 4.74 Å². The third kappa shape index (κ3) is 4.90. The molecule has 0 radical (unpaired) electrons. The number of rotatable bonds is 7. The lowest BCUT2D eigenvalue weighted by Gasteiger charge is -2.30. The van der Waals surface area contributed by atoms with Crippen LogP contribution in [0.5, 0.6) is 0 Å². The summed E-state index contributed by atoms with van der Waals surface area (Å²) in [7, 11) is 0. The van der Waals surface area contributed by atoms with Gasteiger partial charge in [-0.1, -0.05) is 26.2 Å². The van der Waals surface area contributed by atoms with Gasteiger partial charge in [0.1, 0.15) is 0 Å². The molecule has 1 fully saturated rings. The number of ether oxygens (including phenoxy) is 1. The van der Waals surface area contributed by atoms with Gasteiger partial charge in [0.05, 0.1) is 12.7 Å². The molecule has 1 aliphatic rings. The Hall–Kier alpha value is -0.380. The topological polar surface area (TPSA) is 21.3 Å². The highest BCUT2D eigenvalue weighted by molar-refractivity contribution is 7.11. The minimum atomic E-state index is 0.518. The van der Waals surface area contributed by atoms with Crippen LogP contribution in [0, 0.1) is 12.8 Å². The highest BCUT2D eigenvalue weighted by Crippen LogP contribution is 2.28. The SMILES string of the molecule is CCC1CCCCC1OCCNCc1ccc(C)s1. The Kier molecular flexibility index (Phi) is 6.35. The number of thiophene rings is 1. The molecule has 108 valence electrons. The van der Waals surface area contributed by atoms with Gasteiger partial charge in [-0.05, 0) is 37.8 Å². The van der Waals surface area contributed by atoms with Crippen molar-refractivity contribution in [3.05, 3.63) is 21.9 Å². The summed E-state index contributed by atoms with van der Waals surface area (Å²) in [5, 5.41) is 3.47. The standard InChI is InChI=1S/C16H27NOS/c1-3-14-6-4-5-7-16(14)18-11-10-17-12-15-9-8-13(2)19-15/h8-9,14,16-17H,3-7,10-12H2,1-2H3. The van der Waals surface area contributed by atoms with Crippen molar-refractivity contribution in [2.75, 3.05) is 13.2 Å². The average molecular weight is 281 g/mol. The van der Waals surface area contributed by atoms with Gasteiger partial charge in [0.25, 0.3) is 0 Å². The fraction of sp³-hybridized carbons (Fsp3) is 0.750. The molecule has 0 bridgehead atoms. The third-order valence-corrected chi connectivity index (χ3v) is 5.07. The van der Waals surface area contributed by atoms with Gasteiger partial charge >= 0.3 is 0 Å². The van der Waals surface area contributed by atoms with E-state index in [1.54, 1.807) is 0 Å². The zero-order valence-corrected chi connectivity index (χ0v) is 13.1. The van der Waals surface area contributed by atoms with E-state index < -0.39 is 0 Å². The monoisotopic (exact) mass is 281 g/mol. The molecular weight excluding hydrogens is 254 g/mol. The summed E-state index contributed by atoms with van der Waals surface area (Å²) in [6.45, 7) is 7.24. The van der Waals surface area contributed by atoms with Gasteiger partial charge in [0.2, 0.25) is 0 Å². The van der Waals surface area contributed by atoms with Crippen molar-refractivity contribution in [2.45, 2.75) is 58.6 Å². The van der Waals surface area contributed by atoms with Gasteiger partial charge in [-0.15, -0.1) is 11.3 Å². The van der Waals surface area contributed by atoms with E-state index in [1.807, 2.05) is 11.3 Å². The van der Waals surface area contributed by atoms with Gasteiger partial charge in [-0.3, -0.25) is 0 Å². The van der Waals surface area contributed by atoms with Crippen molar-refractivity contribution in [1.82, 2.24) is 5.32 Å². The summed E-state index contributed by atoms with van der Waals surface area (Å²) < 4.78 is 6.07. The second-order valence-corrected chi connectivity index (χ2v) is 6.92. The van der Waals surface area contributed by atoms with Crippen LogP contribution >= 0.6 is 11.3 Å². The molecule has 0 amide bonds. The molecule has 1 heterocycles. The Balaban J connectivity index is 1.58. The molecule has 2 unspecified atom stereocenters. The van der Waals surface area contributed by atoms with Crippen molar-refractivity contribution in [1.29, 1.82) is 0 Å². The van der Waals surface area contributed by atoms with E-state index in [9.17, 15) is 0 Å². The molecule has 2 rings (SSSR count). The maximum absolute atomic E-state index is 6.07. The Morgan fingerprint density at radius 1 is 1.32 bits per heavy atom. The predicted octanol–water partition coefficient (Wildman–Crippen LogP) is 4.13. The fourth-order valence-corrected chi connectivity index (χ4v) is 3.79. The first kappa shape index (κ1) is 15.0. The van der Waals surface area contributed by atoms with E-state index >= 15 is 0 Å². The number of hydrogen-bond donors (Lipinski definition) is 1. The summed E-state index contributed by atoms with van der Waals surface area (Å²) in [6.07, 6.45) is 7.17. The minimum Gasteiger partial charge on any atom is -0.377 e. The van der Waals surface area contributed by atoms with Gasteiger partial charge in [-0.25, -0.2) is 0 Å². The molecule has 0 aromatic carbocycles. The largest absolute Gasteiger partial charge is 0.377 e.